The van der Waals surface area contributed by atoms with Crippen molar-refractivity contribution in [2.24, 2.45) is 0 Å². The van der Waals surface area contributed by atoms with Gasteiger partial charge in [0.1, 0.15) is 11.6 Å². The Morgan fingerprint density at radius 2 is 1.76 bits per heavy atom. The third-order valence-corrected chi connectivity index (χ3v) is 3.01. The molecule has 0 N–H and O–H groups in total. The summed E-state index contributed by atoms with van der Waals surface area (Å²) in [6.07, 6.45) is 0.561. The zero-order chi connectivity index (χ0) is 12.4. The largest absolute Gasteiger partial charge is 0.206 e. The molecule has 88 valence electrons. The lowest BCUT2D eigenvalue weighted by atomic mass is 10.0. The van der Waals surface area contributed by atoms with Gasteiger partial charge in [0.15, 0.2) is 0 Å². The normalized spacial score (nSPS) is 10.6. The quantitative estimate of drug-likeness (QED) is 0.717. The number of halogens is 3. The van der Waals surface area contributed by atoms with E-state index in [2.05, 4.69) is 0 Å². The Morgan fingerprint density at radius 3 is 2.41 bits per heavy atom. The van der Waals surface area contributed by atoms with Crippen LogP contribution in [0.3, 0.4) is 0 Å². The minimum absolute atomic E-state index is 0.127. The molecule has 0 aromatic heterocycles. The van der Waals surface area contributed by atoms with Gasteiger partial charge in [-0.15, -0.1) is 0 Å². The van der Waals surface area contributed by atoms with Crippen molar-refractivity contribution in [1.29, 1.82) is 0 Å². The molecule has 0 amide bonds. The van der Waals surface area contributed by atoms with E-state index in [4.69, 9.17) is 11.6 Å². The molecule has 0 unspecified atom stereocenters. The van der Waals surface area contributed by atoms with Crippen LogP contribution in [0.4, 0.5) is 8.78 Å². The zero-order valence-electron chi connectivity index (χ0n) is 9.31. The first kappa shape index (κ1) is 12.1. The molecule has 0 saturated heterocycles. The highest BCUT2D eigenvalue weighted by atomic mass is 35.5. The topological polar surface area (TPSA) is 0 Å². The molecule has 2 aromatic rings. The molecule has 2 rings (SSSR count). The third kappa shape index (κ3) is 2.18. The number of hydrogen-bond donors (Lipinski definition) is 0. The van der Waals surface area contributed by atoms with Gasteiger partial charge in [0.25, 0.3) is 0 Å². The Morgan fingerprint density at radius 1 is 1.06 bits per heavy atom. The Bertz CT molecular complexity index is 530. The minimum atomic E-state index is -0.510. The molecule has 0 fully saturated rings. The average molecular weight is 253 g/mol. The van der Waals surface area contributed by atoms with E-state index in [-0.39, 0.29) is 16.1 Å². The van der Waals surface area contributed by atoms with Crippen LogP contribution in [0.5, 0.6) is 0 Å². The second kappa shape index (κ2) is 4.84. The Hall–Kier alpha value is -1.41. The first-order chi connectivity index (χ1) is 8.15. The third-order valence-electron chi connectivity index (χ3n) is 2.69. The van der Waals surface area contributed by atoms with Gasteiger partial charge in [0.05, 0.1) is 5.02 Å². The van der Waals surface area contributed by atoms with Gasteiger partial charge in [-0.05, 0) is 24.1 Å². The lowest BCUT2D eigenvalue weighted by molar-refractivity contribution is 0.607. The van der Waals surface area contributed by atoms with Gasteiger partial charge in [0, 0.05) is 11.1 Å². The van der Waals surface area contributed by atoms with Crippen molar-refractivity contribution in [3.8, 4) is 11.1 Å². The van der Waals surface area contributed by atoms with Crippen molar-refractivity contribution in [2.45, 2.75) is 13.3 Å². The predicted octanol–water partition coefficient (Wildman–Crippen LogP) is 4.85. The van der Waals surface area contributed by atoms with Crippen LogP contribution in [0.25, 0.3) is 11.1 Å². The van der Waals surface area contributed by atoms with Gasteiger partial charge in [0.2, 0.25) is 0 Å². The number of benzene rings is 2. The van der Waals surface area contributed by atoms with E-state index in [0.29, 0.717) is 12.0 Å². The molecule has 2 aromatic carbocycles. The van der Waals surface area contributed by atoms with Crippen molar-refractivity contribution in [3.63, 3.8) is 0 Å². The fraction of sp³-hybridized carbons (Fsp3) is 0.143. The van der Waals surface area contributed by atoms with Crippen LogP contribution in [0.15, 0.2) is 36.4 Å². The summed E-state index contributed by atoms with van der Waals surface area (Å²) in [5, 5.41) is 0.220. The first-order valence-corrected chi connectivity index (χ1v) is 5.74. The van der Waals surface area contributed by atoms with Gasteiger partial charge in [-0.1, -0.05) is 42.8 Å². The van der Waals surface area contributed by atoms with E-state index < -0.39 is 11.6 Å². The van der Waals surface area contributed by atoms with E-state index in [9.17, 15) is 8.78 Å². The van der Waals surface area contributed by atoms with Crippen molar-refractivity contribution < 1.29 is 8.78 Å². The Labute approximate surface area is 104 Å². The molecule has 0 aliphatic carbocycles. The highest BCUT2D eigenvalue weighted by Gasteiger charge is 2.15. The molecule has 0 heterocycles. The fourth-order valence-electron chi connectivity index (χ4n) is 1.80. The van der Waals surface area contributed by atoms with E-state index in [1.807, 2.05) is 6.92 Å². The predicted molar refractivity (Wildman–Crippen MR) is 66.2 cm³/mol. The summed E-state index contributed by atoms with van der Waals surface area (Å²) in [6.45, 7) is 1.85. The van der Waals surface area contributed by atoms with E-state index in [1.54, 1.807) is 24.3 Å². The SMILES string of the molecule is CCc1cccc(-c2c(F)cccc2Cl)c1F. The Kier molecular flexibility index (Phi) is 3.43. The molecule has 3 heteroatoms. The van der Waals surface area contributed by atoms with Crippen molar-refractivity contribution >= 4 is 11.6 Å². The van der Waals surface area contributed by atoms with E-state index in [0.717, 1.165) is 0 Å². The van der Waals surface area contributed by atoms with E-state index in [1.165, 1.54) is 12.1 Å². The smallest absolute Gasteiger partial charge is 0.134 e. The van der Waals surface area contributed by atoms with E-state index >= 15 is 0 Å². The maximum absolute atomic E-state index is 14.1. The molecule has 0 aliphatic rings. The molecular formula is C14H11ClF2. The Balaban J connectivity index is 2.69. The summed E-state index contributed by atoms with van der Waals surface area (Å²) in [5.74, 6) is -0.911. The maximum atomic E-state index is 14.1. The summed E-state index contributed by atoms with van der Waals surface area (Å²) in [7, 11) is 0. The second-order valence-corrected chi connectivity index (χ2v) is 4.14. The fourth-order valence-corrected chi connectivity index (χ4v) is 2.07. The van der Waals surface area contributed by atoms with Gasteiger partial charge in [-0.2, -0.15) is 0 Å². The monoisotopic (exact) mass is 252 g/mol. The van der Waals surface area contributed by atoms with Crippen LogP contribution in [0.1, 0.15) is 12.5 Å². The average Bonchev–Trinajstić information content (AvgIpc) is 2.31. The zero-order valence-corrected chi connectivity index (χ0v) is 10.1. The molecule has 0 bridgehead atoms. The van der Waals surface area contributed by atoms with Crippen LogP contribution < -0.4 is 0 Å². The van der Waals surface area contributed by atoms with Gasteiger partial charge >= 0.3 is 0 Å². The minimum Gasteiger partial charge on any atom is -0.206 e. The van der Waals surface area contributed by atoms with Crippen molar-refractivity contribution in [1.82, 2.24) is 0 Å². The molecule has 0 radical (unpaired) electrons. The molecule has 17 heavy (non-hydrogen) atoms. The van der Waals surface area contributed by atoms with Crippen LogP contribution >= 0.6 is 11.6 Å². The molecule has 0 atom stereocenters. The lowest BCUT2D eigenvalue weighted by Gasteiger charge is -2.09. The lowest BCUT2D eigenvalue weighted by Crippen LogP contribution is -1.94. The van der Waals surface area contributed by atoms with Crippen molar-refractivity contribution in [2.75, 3.05) is 0 Å². The van der Waals surface area contributed by atoms with Crippen LogP contribution in [-0.4, -0.2) is 0 Å². The molecule has 0 aliphatic heterocycles. The summed E-state index contributed by atoms with van der Waals surface area (Å²) >= 11 is 5.92. The maximum Gasteiger partial charge on any atom is 0.134 e. The molecular weight excluding hydrogens is 242 g/mol. The van der Waals surface area contributed by atoms with Crippen molar-refractivity contribution in [3.05, 3.63) is 58.6 Å². The summed E-state index contributed by atoms with van der Waals surface area (Å²) < 4.78 is 27.8. The summed E-state index contributed by atoms with van der Waals surface area (Å²) in [4.78, 5) is 0. The van der Waals surface area contributed by atoms with Crippen LogP contribution in [0.2, 0.25) is 5.02 Å². The highest BCUT2D eigenvalue weighted by Crippen LogP contribution is 2.33. The first-order valence-electron chi connectivity index (χ1n) is 5.37. The second-order valence-electron chi connectivity index (χ2n) is 3.73. The van der Waals surface area contributed by atoms with Gasteiger partial charge in [-0.25, -0.2) is 8.78 Å². The van der Waals surface area contributed by atoms with Gasteiger partial charge < -0.3 is 0 Å². The molecule has 0 spiro atoms. The molecule has 0 nitrogen and oxygen atoms in total. The highest BCUT2D eigenvalue weighted by molar-refractivity contribution is 6.33. The number of rotatable bonds is 2. The van der Waals surface area contributed by atoms with Gasteiger partial charge in [-0.3, -0.25) is 0 Å². The standard InChI is InChI=1S/C14H11ClF2/c1-2-9-5-3-6-10(14(9)17)13-11(15)7-4-8-12(13)16/h3-8H,2H2,1H3. The summed E-state index contributed by atoms with van der Waals surface area (Å²) in [5.41, 5.74) is 0.899. The number of hydrogen-bond acceptors (Lipinski definition) is 0. The molecule has 0 saturated carbocycles. The number of aryl methyl sites for hydroxylation is 1. The summed E-state index contributed by atoms with van der Waals surface area (Å²) in [6, 6.07) is 9.27. The van der Waals surface area contributed by atoms with Crippen LogP contribution in [0, 0.1) is 11.6 Å². The van der Waals surface area contributed by atoms with Crippen LogP contribution in [-0.2, 0) is 6.42 Å².